The van der Waals surface area contributed by atoms with E-state index in [9.17, 15) is 4.79 Å². The van der Waals surface area contributed by atoms with Crippen molar-refractivity contribution in [1.29, 1.82) is 0 Å². The third-order valence-electron chi connectivity index (χ3n) is 7.40. The maximum absolute atomic E-state index is 13.1. The Kier molecular flexibility index (Phi) is 6.22. The van der Waals surface area contributed by atoms with E-state index >= 15 is 0 Å². The van der Waals surface area contributed by atoms with E-state index in [0.717, 1.165) is 38.3 Å². The molecule has 2 aromatic carbocycles. The highest BCUT2D eigenvalue weighted by Gasteiger charge is 2.42. The summed E-state index contributed by atoms with van der Waals surface area (Å²) in [5, 5.41) is 3.42. The van der Waals surface area contributed by atoms with E-state index in [-0.39, 0.29) is 17.4 Å². The average molecular weight is 436 g/mol. The number of benzene rings is 2. The van der Waals surface area contributed by atoms with Gasteiger partial charge in [0.2, 0.25) is 5.91 Å². The molecule has 1 unspecified atom stereocenters. The fraction of sp³-hybridized carbons (Fsp3) is 0.519. The lowest BCUT2D eigenvalue weighted by Gasteiger charge is -2.36. The summed E-state index contributed by atoms with van der Waals surface area (Å²) in [4.78, 5) is 17.7. The zero-order valence-corrected chi connectivity index (χ0v) is 20.4. The Morgan fingerprint density at radius 3 is 2.50 bits per heavy atom. The molecule has 4 rings (SSSR count). The molecule has 0 spiro atoms. The van der Waals surface area contributed by atoms with Gasteiger partial charge in [0.25, 0.3) is 0 Å². The number of ether oxygens (including phenoxy) is 1. The number of anilines is 1. The predicted octanol–water partition coefficient (Wildman–Crippen LogP) is 4.18. The van der Waals surface area contributed by atoms with E-state index in [0.29, 0.717) is 6.54 Å². The van der Waals surface area contributed by atoms with Crippen molar-refractivity contribution in [1.82, 2.24) is 10.2 Å². The molecular weight excluding hydrogens is 398 g/mol. The lowest BCUT2D eigenvalue weighted by atomic mass is 9.84. The van der Waals surface area contributed by atoms with Gasteiger partial charge in [0.15, 0.2) is 0 Å². The first kappa shape index (κ1) is 22.7. The van der Waals surface area contributed by atoms with Gasteiger partial charge in [-0.3, -0.25) is 9.69 Å². The van der Waals surface area contributed by atoms with Gasteiger partial charge in [-0.1, -0.05) is 26.0 Å². The highest BCUT2D eigenvalue weighted by molar-refractivity contribution is 5.79. The minimum absolute atomic E-state index is 0.0202. The fourth-order valence-corrected chi connectivity index (χ4v) is 5.39. The number of methoxy groups -OCH3 is 1. The number of hydrogen-bond acceptors (Lipinski definition) is 4. The van der Waals surface area contributed by atoms with E-state index in [1.807, 2.05) is 12.1 Å². The van der Waals surface area contributed by atoms with Crippen LogP contribution in [-0.2, 0) is 11.2 Å². The van der Waals surface area contributed by atoms with Gasteiger partial charge in [-0.25, -0.2) is 0 Å². The number of nitrogens with zero attached hydrogens (tertiary/aromatic N) is 2. The van der Waals surface area contributed by atoms with Crippen LogP contribution in [-0.4, -0.2) is 50.6 Å². The number of hydrogen-bond donors (Lipinski definition) is 1. The van der Waals surface area contributed by atoms with Gasteiger partial charge in [0.05, 0.1) is 19.7 Å². The molecule has 32 heavy (non-hydrogen) atoms. The smallest absolute Gasteiger partial charge is 0.234 e. The Morgan fingerprint density at radius 2 is 1.81 bits per heavy atom. The molecule has 2 aromatic rings. The Morgan fingerprint density at radius 1 is 1.09 bits per heavy atom. The second-order valence-electron chi connectivity index (χ2n) is 10.2. The third kappa shape index (κ3) is 4.36. The van der Waals surface area contributed by atoms with E-state index < -0.39 is 0 Å². The van der Waals surface area contributed by atoms with Crippen molar-refractivity contribution in [2.45, 2.75) is 47.1 Å². The molecule has 1 N–H and O–H groups in total. The number of piperazine rings is 1. The lowest BCUT2D eigenvalue weighted by Crippen LogP contribution is -2.50. The molecule has 1 heterocycles. The van der Waals surface area contributed by atoms with Crippen LogP contribution in [0.25, 0.3) is 0 Å². The van der Waals surface area contributed by atoms with Crippen LogP contribution in [0.3, 0.4) is 0 Å². The molecule has 5 nitrogen and oxygen atoms in total. The predicted molar refractivity (Wildman–Crippen MR) is 131 cm³/mol. The molecule has 0 saturated carbocycles. The quantitative estimate of drug-likeness (QED) is 0.765. The zero-order chi connectivity index (χ0) is 23.0. The number of rotatable bonds is 5. The molecule has 1 amide bonds. The minimum atomic E-state index is 0.0202. The second-order valence-corrected chi connectivity index (χ2v) is 10.2. The summed E-state index contributed by atoms with van der Waals surface area (Å²) in [7, 11) is 1.70. The van der Waals surface area contributed by atoms with Crippen LogP contribution >= 0.6 is 0 Å². The number of fused-ring (bicyclic) bond motifs is 1. The largest absolute Gasteiger partial charge is 0.497 e. The normalized spacial score (nSPS) is 20.2. The van der Waals surface area contributed by atoms with Gasteiger partial charge < -0.3 is 15.0 Å². The van der Waals surface area contributed by atoms with Crippen molar-refractivity contribution < 1.29 is 9.53 Å². The van der Waals surface area contributed by atoms with Crippen LogP contribution in [0.5, 0.6) is 5.75 Å². The monoisotopic (exact) mass is 435 g/mol. The summed E-state index contributed by atoms with van der Waals surface area (Å²) in [5.41, 5.74) is 7.96. The molecule has 0 bridgehead atoms. The van der Waals surface area contributed by atoms with Crippen LogP contribution < -0.4 is 15.0 Å². The van der Waals surface area contributed by atoms with Crippen molar-refractivity contribution in [3.8, 4) is 5.75 Å². The van der Waals surface area contributed by atoms with Crippen molar-refractivity contribution in [3.05, 3.63) is 58.1 Å². The Labute approximate surface area is 192 Å². The van der Waals surface area contributed by atoms with Crippen LogP contribution in [0.15, 0.2) is 30.3 Å². The van der Waals surface area contributed by atoms with Crippen molar-refractivity contribution >= 4 is 11.6 Å². The zero-order valence-electron chi connectivity index (χ0n) is 20.4. The Hall–Kier alpha value is -2.53. The van der Waals surface area contributed by atoms with E-state index in [1.54, 1.807) is 7.11 Å². The summed E-state index contributed by atoms with van der Waals surface area (Å²) in [6, 6.07) is 10.6. The summed E-state index contributed by atoms with van der Waals surface area (Å²) in [6.45, 7) is 15.2. The standard InChI is InChI=1S/C27H37N3O2/c1-18-14-19(2)23-16-27(4,5)26(25(23)20(18)3)28-24(31)17-29-10-12-30(13-11-29)21-8-7-9-22(15-21)32-6/h7-9,14-15,26H,10-13,16-17H2,1-6H3,(H,28,31). The topological polar surface area (TPSA) is 44.8 Å². The van der Waals surface area contributed by atoms with E-state index in [1.165, 1.54) is 33.5 Å². The van der Waals surface area contributed by atoms with Crippen molar-refractivity contribution in [2.24, 2.45) is 5.41 Å². The van der Waals surface area contributed by atoms with Crippen LogP contribution in [0.2, 0.25) is 0 Å². The van der Waals surface area contributed by atoms with Gasteiger partial charge >= 0.3 is 0 Å². The van der Waals surface area contributed by atoms with Crippen LogP contribution in [0, 0.1) is 26.2 Å². The van der Waals surface area contributed by atoms with Gasteiger partial charge in [-0.05, 0) is 72.6 Å². The molecular formula is C27H37N3O2. The summed E-state index contributed by atoms with van der Waals surface area (Å²) in [5.74, 6) is 1.01. The molecule has 1 aliphatic heterocycles. The molecule has 1 saturated heterocycles. The third-order valence-corrected chi connectivity index (χ3v) is 7.40. The molecule has 1 fully saturated rings. The molecule has 2 aliphatic rings. The van der Waals surface area contributed by atoms with Gasteiger partial charge in [-0.2, -0.15) is 0 Å². The summed E-state index contributed by atoms with van der Waals surface area (Å²) >= 11 is 0. The first-order valence-corrected chi connectivity index (χ1v) is 11.7. The van der Waals surface area contributed by atoms with E-state index in [2.05, 4.69) is 67.9 Å². The number of nitrogens with one attached hydrogen (secondary N) is 1. The van der Waals surface area contributed by atoms with E-state index in [4.69, 9.17) is 4.74 Å². The van der Waals surface area contributed by atoms with Gasteiger partial charge in [-0.15, -0.1) is 0 Å². The summed E-state index contributed by atoms with van der Waals surface area (Å²) in [6.07, 6.45) is 1.01. The van der Waals surface area contributed by atoms with Crippen molar-refractivity contribution in [2.75, 3.05) is 44.7 Å². The molecule has 172 valence electrons. The first-order chi connectivity index (χ1) is 15.2. The number of aryl methyl sites for hydroxylation is 2. The Balaban J connectivity index is 1.39. The molecule has 0 aromatic heterocycles. The van der Waals surface area contributed by atoms with Gasteiger partial charge in [0, 0.05) is 37.9 Å². The summed E-state index contributed by atoms with van der Waals surface area (Å²) < 4.78 is 5.36. The van der Waals surface area contributed by atoms with Gasteiger partial charge in [0.1, 0.15) is 5.75 Å². The minimum Gasteiger partial charge on any atom is -0.497 e. The average Bonchev–Trinajstić information content (AvgIpc) is 3.03. The first-order valence-electron chi connectivity index (χ1n) is 11.7. The molecule has 0 radical (unpaired) electrons. The molecule has 1 aliphatic carbocycles. The number of carbonyl (C=O) groups excluding carboxylic acids is 1. The number of amides is 1. The highest BCUT2D eigenvalue weighted by atomic mass is 16.5. The Bertz CT molecular complexity index is 1010. The second kappa shape index (κ2) is 8.78. The maximum Gasteiger partial charge on any atom is 0.234 e. The van der Waals surface area contributed by atoms with Crippen LogP contribution in [0.1, 0.15) is 47.7 Å². The van der Waals surface area contributed by atoms with Crippen molar-refractivity contribution in [3.63, 3.8) is 0 Å². The fourth-order valence-electron chi connectivity index (χ4n) is 5.39. The van der Waals surface area contributed by atoms with Crippen LogP contribution in [0.4, 0.5) is 5.69 Å². The maximum atomic E-state index is 13.1. The lowest BCUT2D eigenvalue weighted by molar-refractivity contribution is -0.123. The molecule has 1 atom stereocenters. The molecule has 5 heteroatoms. The highest BCUT2D eigenvalue weighted by Crippen LogP contribution is 2.48. The SMILES string of the molecule is COc1cccc(N2CCN(CC(=O)NC3c4c(C)c(C)cc(C)c4CC3(C)C)CC2)c1. The number of carbonyl (C=O) groups is 1.